The van der Waals surface area contributed by atoms with E-state index in [0.29, 0.717) is 12.1 Å². The van der Waals surface area contributed by atoms with Crippen LogP contribution in [0.3, 0.4) is 0 Å². The van der Waals surface area contributed by atoms with Crippen LogP contribution in [0.25, 0.3) is 0 Å². The van der Waals surface area contributed by atoms with Gasteiger partial charge in [-0.1, -0.05) is 19.9 Å². The van der Waals surface area contributed by atoms with Crippen molar-refractivity contribution in [3.8, 4) is 0 Å². The standard InChI is InChI=1S/C17H29N3S/c1-14(2)12-21-13-15(3)19-16-7-10-20(11-8-16)17-6-4-5-9-18-17/h4-6,9,14-16,19H,7-8,10-13H2,1-3H3. The molecule has 2 heterocycles. The van der Waals surface area contributed by atoms with Crippen LogP contribution in [0, 0.1) is 5.92 Å². The van der Waals surface area contributed by atoms with Gasteiger partial charge in [-0.15, -0.1) is 0 Å². The predicted molar refractivity (Wildman–Crippen MR) is 94.2 cm³/mol. The molecule has 118 valence electrons. The number of nitrogens with zero attached hydrogens (tertiary/aromatic N) is 2. The highest BCUT2D eigenvalue weighted by atomic mass is 32.2. The quantitative estimate of drug-likeness (QED) is 0.835. The minimum absolute atomic E-state index is 0.611. The molecule has 1 fully saturated rings. The highest BCUT2D eigenvalue weighted by molar-refractivity contribution is 7.99. The van der Waals surface area contributed by atoms with Crippen LogP contribution in [0.2, 0.25) is 0 Å². The molecule has 0 saturated carbocycles. The highest BCUT2D eigenvalue weighted by Crippen LogP contribution is 2.18. The number of anilines is 1. The Morgan fingerprint density at radius 1 is 1.24 bits per heavy atom. The van der Waals surface area contributed by atoms with Gasteiger partial charge in [-0.3, -0.25) is 0 Å². The van der Waals surface area contributed by atoms with E-state index in [-0.39, 0.29) is 0 Å². The number of nitrogens with one attached hydrogen (secondary N) is 1. The van der Waals surface area contributed by atoms with E-state index >= 15 is 0 Å². The lowest BCUT2D eigenvalue weighted by atomic mass is 10.0. The Labute approximate surface area is 133 Å². The molecule has 3 nitrogen and oxygen atoms in total. The molecule has 1 aromatic rings. The summed E-state index contributed by atoms with van der Waals surface area (Å²) in [6.07, 6.45) is 4.32. The molecule has 1 aliphatic rings. The van der Waals surface area contributed by atoms with Gasteiger partial charge >= 0.3 is 0 Å². The first-order chi connectivity index (χ1) is 10.1. The smallest absolute Gasteiger partial charge is 0.128 e. The Balaban J connectivity index is 1.67. The van der Waals surface area contributed by atoms with E-state index in [0.717, 1.165) is 24.8 Å². The number of thioether (sulfide) groups is 1. The van der Waals surface area contributed by atoms with Crippen LogP contribution >= 0.6 is 11.8 Å². The summed E-state index contributed by atoms with van der Waals surface area (Å²) in [5.74, 6) is 4.41. The zero-order valence-corrected chi connectivity index (χ0v) is 14.4. The fraction of sp³-hybridized carbons (Fsp3) is 0.706. The molecular weight excluding hydrogens is 278 g/mol. The number of piperidine rings is 1. The van der Waals surface area contributed by atoms with Crippen molar-refractivity contribution in [3.63, 3.8) is 0 Å². The number of pyridine rings is 1. The first kappa shape index (κ1) is 16.6. The molecular formula is C17H29N3S. The summed E-state index contributed by atoms with van der Waals surface area (Å²) in [6, 6.07) is 7.44. The van der Waals surface area contributed by atoms with Crippen molar-refractivity contribution >= 4 is 17.6 Å². The lowest BCUT2D eigenvalue weighted by molar-refractivity contribution is 0.388. The minimum Gasteiger partial charge on any atom is -0.357 e. The fourth-order valence-electron chi connectivity index (χ4n) is 2.75. The van der Waals surface area contributed by atoms with Crippen molar-refractivity contribution in [2.75, 3.05) is 29.5 Å². The third-order valence-electron chi connectivity index (χ3n) is 3.81. The van der Waals surface area contributed by atoms with Crippen molar-refractivity contribution in [1.82, 2.24) is 10.3 Å². The summed E-state index contributed by atoms with van der Waals surface area (Å²) in [5, 5.41) is 3.80. The summed E-state index contributed by atoms with van der Waals surface area (Å²) in [7, 11) is 0. The van der Waals surface area contributed by atoms with Crippen LogP contribution in [0.15, 0.2) is 24.4 Å². The van der Waals surface area contributed by atoms with Gasteiger partial charge in [0.25, 0.3) is 0 Å². The normalized spacial score (nSPS) is 18.2. The number of rotatable bonds is 7. The molecule has 1 saturated heterocycles. The SMILES string of the molecule is CC(C)CSCC(C)NC1CCN(c2ccccn2)CC1. The molecule has 1 unspecified atom stereocenters. The van der Waals surface area contributed by atoms with Gasteiger partial charge in [0, 0.05) is 37.1 Å². The maximum Gasteiger partial charge on any atom is 0.128 e. The van der Waals surface area contributed by atoms with E-state index in [2.05, 4.69) is 59.9 Å². The van der Waals surface area contributed by atoms with Gasteiger partial charge < -0.3 is 10.2 Å². The number of hydrogen-bond acceptors (Lipinski definition) is 4. The van der Waals surface area contributed by atoms with Gasteiger partial charge in [0.2, 0.25) is 0 Å². The average molecular weight is 308 g/mol. The van der Waals surface area contributed by atoms with Crippen molar-refractivity contribution in [3.05, 3.63) is 24.4 Å². The Kier molecular flexibility index (Phi) is 6.84. The molecule has 2 rings (SSSR count). The third-order valence-corrected chi connectivity index (χ3v) is 5.45. The summed E-state index contributed by atoms with van der Waals surface area (Å²) >= 11 is 2.07. The summed E-state index contributed by atoms with van der Waals surface area (Å²) in [4.78, 5) is 6.85. The molecule has 0 amide bonds. The maximum absolute atomic E-state index is 4.45. The first-order valence-corrected chi connectivity index (χ1v) is 9.30. The lowest BCUT2D eigenvalue weighted by Crippen LogP contribution is -2.46. The first-order valence-electron chi connectivity index (χ1n) is 8.15. The lowest BCUT2D eigenvalue weighted by Gasteiger charge is -2.34. The van der Waals surface area contributed by atoms with Crippen LogP contribution < -0.4 is 10.2 Å². The van der Waals surface area contributed by atoms with Crippen LogP contribution in [-0.4, -0.2) is 41.7 Å². The van der Waals surface area contributed by atoms with Crippen molar-refractivity contribution < 1.29 is 0 Å². The molecule has 21 heavy (non-hydrogen) atoms. The molecule has 0 aromatic carbocycles. The van der Waals surface area contributed by atoms with E-state index in [1.807, 2.05) is 12.3 Å². The number of hydrogen-bond donors (Lipinski definition) is 1. The second-order valence-corrected chi connectivity index (χ2v) is 7.52. The highest BCUT2D eigenvalue weighted by Gasteiger charge is 2.20. The molecule has 1 atom stereocenters. The van der Waals surface area contributed by atoms with Gasteiger partial charge in [-0.2, -0.15) is 11.8 Å². The van der Waals surface area contributed by atoms with Crippen molar-refractivity contribution in [2.24, 2.45) is 5.92 Å². The zero-order valence-electron chi connectivity index (χ0n) is 13.6. The predicted octanol–water partition coefficient (Wildman–Crippen LogP) is 3.42. The molecule has 0 aliphatic carbocycles. The number of aromatic nitrogens is 1. The maximum atomic E-state index is 4.45. The van der Waals surface area contributed by atoms with Crippen molar-refractivity contribution in [2.45, 2.75) is 45.7 Å². The van der Waals surface area contributed by atoms with Crippen LogP contribution in [-0.2, 0) is 0 Å². The summed E-state index contributed by atoms with van der Waals surface area (Å²) in [6.45, 7) is 9.12. The monoisotopic (exact) mass is 307 g/mol. The Bertz CT molecular complexity index is 388. The second-order valence-electron chi connectivity index (χ2n) is 6.45. The second kappa shape index (κ2) is 8.64. The van der Waals surface area contributed by atoms with E-state index in [4.69, 9.17) is 0 Å². The van der Waals surface area contributed by atoms with Gasteiger partial charge in [0.1, 0.15) is 5.82 Å². The minimum atomic E-state index is 0.611. The zero-order chi connectivity index (χ0) is 15.1. The van der Waals surface area contributed by atoms with Gasteiger partial charge in [-0.05, 0) is 43.6 Å². The van der Waals surface area contributed by atoms with Gasteiger partial charge in [0.15, 0.2) is 0 Å². The Morgan fingerprint density at radius 2 is 2.00 bits per heavy atom. The molecule has 0 bridgehead atoms. The molecule has 1 N–H and O–H groups in total. The topological polar surface area (TPSA) is 28.2 Å². The largest absolute Gasteiger partial charge is 0.357 e. The Hall–Kier alpha value is -0.740. The summed E-state index contributed by atoms with van der Waals surface area (Å²) in [5.41, 5.74) is 0. The van der Waals surface area contributed by atoms with E-state index < -0.39 is 0 Å². The van der Waals surface area contributed by atoms with Gasteiger partial charge in [-0.25, -0.2) is 4.98 Å². The van der Waals surface area contributed by atoms with Crippen LogP contribution in [0.5, 0.6) is 0 Å². The molecule has 4 heteroatoms. The Morgan fingerprint density at radius 3 is 2.62 bits per heavy atom. The average Bonchev–Trinajstić information content (AvgIpc) is 2.48. The third kappa shape index (κ3) is 5.87. The van der Waals surface area contributed by atoms with E-state index in [1.54, 1.807) is 0 Å². The molecule has 1 aromatic heterocycles. The summed E-state index contributed by atoms with van der Waals surface area (Å²) < 4.78 is 0. The van der Waals surface area contributed by atoms with E-state index in [9.17, 15) is 0 Å². The van der Waals surface area contributed by atoms with Crippen LogP contribution in [0.1, 0.15) is 33.6 Å². The molecule has 0 spiro atoms. The molecule has 0 radical (unpaired) electrons. The van der Waals surface area contributed by atoms with E-state index in [1.165, 1.54) is 24.3 Å². The van der Waals surface area contributed by atoms with Crippen molar-refractivity contribution in [1.29, 1.82) is 0 Å². The molecule has 1 aliphatic heterocycles. The van der Waals surface area contributed by atoms with Crippen LogP contribution in [0.4, 0.5) is 5.82 Å². The fourth-order valence-corrected chi connectivity index (χ4v) is 3.80. The van der Waals surface area contributed by atoms with Gasteiger partial charge in [0.05, 0.1) is 0 Å².